The molecule has 1 aromatic heterocycles. The standard InChI is InChI=1S/C19H22N2O2S/c1-14-4-9-17(23-14)12-21-18(22)13-24-19(21)15-5-7-16(8-6-15)20-10-2-3-11-20/h4-9,19H,2-3,10-13H2,1H3. The highest BCUT2D eigenvalue weighted by molar-refractivity contribution is 8.00. The summed E-state index contributed by atoms with van der Waals surface area (Å²) in [6.07, 6.45) is 2.57. The van der Waals surface area contributed by atoms with E-state index in [9.17, 15) is 4.79 Å². The lowest BCUT2D eigenvalue weighted by Crippen LogP contribution is -2.27. The van der Waals surface area contributed by atoms with Crippen molar-refractivity contribution in [2.45, 2.75) is 31.7 Å². The van der Waals surface area contributed by atoms with Crippen molar-refractivity contribution in [2.24, 2.45) is 0 Å². The van der Waals surface area contributed by atoms with Gasteiger partial charge in [0.15, 0.2) is 0 Å². The molecule has 0 spiro atoms. The van der Waals surface area contributed by atoms with Crippen molar-refractivity contribution in [1.29, 1.82) is 0 Å². The Bertz CT molecular complexity index is 719. The Kier molecular flexibility index (Phi) is 4.27. The molecule has 2 aliphatic rings. The van der Waals surface area contributed by atoms with Crippen LogP contribution in [0.25, 0.3) is 0 Å². The minimum Gasteiger partial charge on any atom is -0.464 e. The van der Waals surface area contributed by atoms with Gasteiger partial charge in [-0.3, -0.25) is 4.79 Å². The molecule has 5 heteroatoms. The molecule has 2 fully saturated rings. The Morgan fingerprint density at radius 3 is 2.54 bits per heavy atom. The number of thioether (sulfide) groups is 1. The van der Waals surface area contributed by atoms with E-state index in [0.717, 1.165) is 24.6 Å². The molecule has 1 atom stereocenters. The second kappa shape index (κ2) is 6.55. The number of carbonyl (C=O) groups is 1. The monoisotopic (exact) mass is 342 g/mol. The lowest BCUT2D eigenvalue weighted by Gasteiger charge is -2.24. The van der Waals surface area contributed by atoms with Gasteiger partial charge >= 0.3 is 0 Å². The first-order valence-corrected chi connectivity index (χ1v) is 9.57. The van der Waals surface area contributed by atoms with Crippen LogP contribution in [-0.2, 0) is 11.3 Å². The zero-order valence-electron chi connectivity index (χ0n) is 13.9. The summed E-state index contributed by atoms with van der Waals surface area (Å²) in [5.74, 6) is 2.46. The summed E-state index contributed by atoms with van der Waals surface area (Å²) in [5, 5.41) is 0.0792. The van der Waals surface area contributed by atoms with Crippen molar-refractivity contribution in [2.75, 3.05) is 23.7 Å². The van der Waals surface area contributed by atoms with E-state index in [1.54, 1.807) is 11.8 Å². The fraction of sp³-hybridized carbons (Fsp3) is 0.421. The summed E-state index contributed by atoms with van der Waals surface area (Å²) in [4.78, 5) is 16.7. The summed E-state index contributed by atoms with van der Waals surface area (Å²) >= 11 is 1.70. The fourth-order valence-corrected chi connectivity index (χ4v) is 4.65. The molecule has 24 heavy (non-hydrogen) atoms. The molecule has 2 saturated heterocycles. The third kappa shape index (κ3) is 3.05. The van der Waals surface area contributed by atoms with Gasteiger partial charge in [0.05, 0.1) is 12.3 Å². The van der Waals surface area contributed by atoms with Crippen LogP contribution in [0.1, 0.15) is 35.3 Å². The number of benzene rings is 1. The van der Waals surface area contributed by atoms with Crippen molar-refractivity contribution in [1.82, 2.24) is 4.90 Å². The largest absolute Gasteiger partial charge is 0.464 e. The number of amides is 1. The Morgan fingerprint density at radius 2 is 1.88 bits per heavy atom. The highest BCUT2D eigenvalue weighted by atomic mass is 32.2. The number of nitrogens with zero attached hydrogens (tertiary/aromatic N) is 2. The van der Waals surface area contributed by atoms with Crippen molar-refractivity contribution in [3.05, 3.63) is 53.5 Å². The van der Waals surface area contributed by atoms with E-state index in [1.165, 1.54) is 24.1 Å². The molecule has 1 amide bonds. The average Bonchev–Trinajstić information content (AvgIpc) is 3.32. The van der Waals surface area contributed by atoms with Gasteiger partial charge in [-0.15, -0.1) is 11.8 Å². The maximum Gasteiger partial charge on any atom is 0.234 e. The molecule has 1 aromatic carbocycles. The molecule has 0 bridgehead atoms. The maximum atomic E-state index is 12.3. The Morgan fingerprint density at radius 1 is 1.12 bits per heavy atom. The van der Waals surface area contributed by atoms with Gasteiger partial charge in [-0.2, -0.15) is 0 Å². The lowest BCUT2D eigenvalue weighted by molar-refractivity contribution is -0.128. The van der Waals surface area contributed by atoms with E-state index < -0.39 is 0 Å². The van der Waals surface area contributed by atoms with E-state index in [2.05, 4.69) is 29.2 Å². The highest BCUT2D eigenvalue weighted by Crippen LogP contribution is 2.40. The van der Waals surface area contributed by atoms with Gasteiger partial charge in [0, 0.05) is 18.8 Å². The first kappa shape index (κ1) is 15.6. The zero-order chi connectivity index (χ0) is 16.5. The van der Waals surface area contributed by atoms with Crippen LogP contribution in [0.3, 0.4) is 0 Å². The van der Waals surface area contributed by atoms with Crippen LogP contribution < -0.4 is 4.90 Å². The number of furan rings is 1. The third-order valence-electron chi connectivity index (χ3n) is 4.74. The van der Waals surface area contributed by atoms with Crippen molar-refractivity contribution in [3.8, 4) is 0 Å². The summed E-state index contributed by atoms with van der Waals surface area (Å²) in [6, 6.07) is 12.6. The predicted octanol–water partition coefficient (Wildman–Crippen LogP) is 3.96. The second-order valence-corrected chi connectivity index (χ2v) is 7.55. The van der Waals surface area contributed by atoms with Crippen molar-refractivity contribution < 1.29 is 9.21 Å². The second-order valence-electron chi connectivity index (χ2n) is 6.48. The SMILES string of the molecule is Cc1ccc(CN2C(=O)CSC2c2ccc(N3CCCC3)cc2)o1. The third-order valence-corrected chi connectivity index (χ3v) is 6.00. The Balaban J connectivity index is 1.52. The minimum atomic E-state index is 0.0792. The predicted molar refractivity (Wildman–Crippen MR) is 97.1 cm³/mol. The Hall–Kier alpha value is -1.88. The summed E-state index contributed by atoms with van der Waals surface area (Å²) < 4.78 is 5.65. The molecule has 3 heterocycles. The molecule has 4 nitrogen and oxygen atoms in total. The molecule has 4 rings (SSSR count). The zero-order valence-corrected chi connectivity index (χ0v) is 14.7. The summed E-state index contributed by atoms with van der Waals surface area (Å²) in [5.41, 5.74) is 2.48. The van der Waals surface area contributed by atoms with Crippen LogP contribution in [0.2, 0.25) is 0 Å². The average molecular weight is 342 g/mol. The van der Waals surface area contributed by atoms with E-state index >= 15 is 0 Å². The number of aryl methyl sites for hydroxylation is 1. The van der Waals surface area contributed by atoms with Gasteiger partial charge < -0.3 is 14.2 Å². The minimum absolute atomic E-state index is 0.0792. The molecule has 0 aliphatic carbocycles. The van der Waals surface area contributed by atoms with Gasteiger partial charge in [-0.05, 0) is 49.6 Å². The summed E-state index contributed by atoms with van der Waals surface area (Å²) in [6.45, 7) is 4.77. The van der Waals surface area contributed by atoms with Crippen LogP contribution in [0.15, 0.2) is 40.8 Å². The smallest absolute Gasteiger partial charge is 0.234 e. The number of carbonyl (C=O) groups excluding carboxylic acids is 1. The van der Waals surface area contributed by atoms with Gasteiger partial charge in [0.1, 0.15) is 16.9 Å². The van der Waals surface area contributed by atoms with Crippen molar-refractivity contribution >= 4 is 23.4 Å². The van der Waals surface area contributed by atoms with Crippen LogP contribution in [0, 0.1) is 6.92 Å². The van der Waals surface area contributed by atoms with Gasteiger partial charge in [0.25, 0.3) is 0 Å². The first-order chi connectivity index (χ1) is 11.7. The number of anilines is 1. The molecule has 1 unspecified atom stereocenters. The van der Waals surface area contributed by atoms with Crippen molar-refractivity contribution in [3.63, 3.8) is 0 Å². The molecule has 0 N–H and O–H groups in total. The number of hydrogen-bond donors (Lipinski definition) is 0. The normalized spacial score (nSPS) is 21.0. The molecule has 2 aromatic rings. The van der Waals surface area contributed by atoms with Crippen LogP contribution >= 0.6 is 11.8 Å². The van der Waals surface area contributed by atoms with Gasteiger partial charge in [-0.1, -0.05) is 12.1 Å². The Labute approximate surface area is 146 Å². The number of hydrogen-bond acceptors (Lipinski definition) is 4. The van der Waals surface area contributed by atoms with Crippen LogP contribution in [0.5, 0.6) is 0 Å². The topological polar surface area (TPSA) is 36.7 Å². The quantitative estimate of drug-likeness (QED) is 0.843. The molecular weight excluding hydrogens is 320 g/mol. The lowest BCUT2D eigenvalue weighted by atomic mass is 10.1. The molecular formula is C19H22N2O2S. The van der Waals surface area contributed by atoms with Gasteiger partial charge in [-0.25, -0.2) is 0 Å². The van der Waals surface area contributed by atoms with Crippen LogP contribution in [-0.4, -0.2) is 29.6 Å². The molecule has 2 aliphatic heterocycles. The molecule has 0 saturated carbocycles. The first-order valence-electron chi connectivity index (χ1n) is 8.52. The van der Waals surface area contributed by atoms with E-state index in [-0.39, 0.29) is 11.3 Å². The highest BCUT2D eigenvalue weighted by Gasteiger charge is 2.33. The van der Waals surface area contributed by atoms with E-state index in [4.69, 9.17) is 4.42 Å². The maximum absolute atomic E-state index is 12.3. The summed E-state index contributed by atoms with van der Waals surface area (Å²) in [7, 11) is 0. The van der Waals surface area contributed by atoms with E-state index in [0.29, 0.717) is 12.3 Å². The van der Waals surface area contributed by atoms with Gasteiger partial charge in [0.2, 0.25) is 5.91 Å². The fourth-order valence-electron chi connectivity index (χ4n) is 3.46. The van der Waals surface area contributed by atoms with Crippen LogP contribution in [0.4, 0.5) is 5.69 Å². The molecule has 0 radical (unpaired) electrons. The van der Waals surface area contributed by atoms with E-state index in [1.807, 2.05) is 24.0 Å². The number of rotatable bonds is 4. The molecule has 126 valence electrons.